The van der Waals surface area contributed by atoms with Crippen LogP contribution in [0.4, 0.5) is 17.1 Å². The van der Waals surface area contributed by atoms with Crippen LogP contribution in [0.2, 0.25) is 0 Å². The topological polar surface area (TPSA) is 54.8 Å². The van der Waals surface area contributed by atoms with Gasteiger partial charge in [0.25, 0.3) is 0 Å². The fourth-order valence-electron chi connectivity index (χ4n) is 9.69. The summed E-state index contributed by atoms with van der Waals surface area (Å²) >= 11 is 0. The molecule has 1 aliphatic rings. The predicted octanol–water partition coefficient (Wildman–Crippen LogP) is 19.2. The standard InChI is InChI=1S/C46H33N3.C26H16N2.C2H6.2Pt/c1-4-14-34(15-5-1)37-22-24-42(25-23-37)49(43-30-38(35-16-6-2-7-17-35)28-40(32-43)45-20-10-12-26-47-45)44-31-39(36-18-8-3-9-19-36)29-41(33-44)46-21-11-13-27-48-46;1-3-15-27-25(11-1)21-9-5-8-20(17-21)23-10-6-7-19-13-14-22(18-24(19)23)26-12-2-4-16-28-26;1-2;;/h1-2,4-8,10-31H,3,9H2;1-16H;1-2H3;;/q2*-2;;2*+2. The molecular formula is C74H55N5Pt2. The SMILES string of the molecule is CC.[Pt+2].[Pt+2].[c-]1c(-c2ccccn2)cc(C2=CCCC=C2)cc1N(c1[c-]c(-c2ccccn2)cc(-c2ccccc2)c1)c1ccc(-c2ccccc2)cc1.[c-]1c(-c2ccccn2)cccc1-c1cccc2ccc(-c3ccccn3)[c-]c12. The zero-order chi connectivity index (χ0) is 53.6. The molecule has 0 bridgehead atoms. The van der Waals surface area contributed by atoms with Gasteiger partial charge in [-0.3, -0.25) is 9.97 Å². The Hall–Kier alpha value is -8.72. The van der Waals surface area contributed by atoms with Gasteiger partial charge in [-0.1, -0.05) is 205 Å². The van der Waals surface area contributed by atoms with Gasteiger partial charge in [-0.15, -0.1) is 101 Å². The average molecular weight is 1400 g/mol. The number of aromatic nitrogens is 4. The quantitative estimate of drug-likeness (QED) is 0.121. The van der Waals surface area contributed by atoms with Crippen LogP contribution in [0, 0.1) is 24.3 Å². The second-order valence-corrected chi connectivity index (χ2v) is 18.6. The third kappa shape index (κ3) is 13.7. The van der Waals surface area contributed by atoms with E-state index >= 15 is 0 Å². The summed E-state index contributed by atoms with van der Waals surface area (Å²) in [6, 6.07) is 93.8. The molecule has 0 saturated heterocycles. The normalized spacial score (nSPS) is 11.3. The molecule has 8 aromatic carbocycles. The number of hydrogen-bond donors (Lipinski definition) is 0. The maximum atomic E-state index is 4.73. The van der Waals surface area contributed by atoms with Gasteiger partial charge < -0.3 is 14.9 Å². The van der Waals surface area contributed by atoms with Crippen molar-refractivity contribution in [2.75, 3.05) is 4.90 Å². The maximum absolute atomic E-state index is 4.73. The number of anilines is 3. The Morgan fingerprint density at radius 1 is 0.358 bits per heavy atom. The van der Waals surface area contributed by atoms with Gasteiger partial charge >= 0.3 is 42.1 Å². The first kappa shape index (κ1) is 57.0. The molecule has 396 valence electrons. The molecule has 0 N–H and O–H groups in total. The summed E-state index contributed by atoms with van der Waals surface area (Å²) in [6.45, 7) is 4.00. The van der Waals surface area contributed by atoms with Crippen molar-refractivity contribution >= 4 is 33.4 Å². The molecule has 1 aliphatic carbocycles. The van der Waals surface area contributed by atoms with Crippen molar-refractivity contribution in [1.82, 2.24) is 19.9 Å². The smallest absolute Gasteiger partial charge is 0.346 e. The Labute approximate surface area is 505 Å². The molecule has 0 aliphatic heterocycles. The molecule has 0 atom stereocenters. The molecule has 4 aromatic heterocycles. The summed E-state index contributed by atoms with van der Waals surface area (Å²) < 4.78 is 0. The van der Waals surface area contributed by atoms with Crippen LogP contribution in [-0.4, -0.2) is 19.9 Å². The molecule has 0 unspecified atom stereocenters. The Balaban J connectivity index is 0.000000211. The fraction of sp³-hybridized carbons (Fsp3) is 0.0541. The first-order valence-electron chi connectivity index (χ1n) is 26.8. The third-order valence-corrected chi connectivity index (χ3v) is 13.5. The largest absolute Gasteiger partial charge is 2.00 e. The van der Waals surface area contributed by atoms with Gasteiger partial charge in [0.2, 0.25) is 0 Å². The molecule has 81 heavy (non-hydrogen) atoms. The van der Waals surface area contributed by atoms with Gasteiger partial charge in [-0.2, -0.15) is 0 Å². The van der Waals surface area contributed by atoms with Crippen molar-refractivity contribution in [3.8, 4) is 78.4 Å². The zero-order valence-corrected chi connectivity index (χ0v) is 49.3. The van der Waals surface area contributed by atoms with Crippen LogP contribution < -0.4 is 4.90 Å². The minimum absolute atomic E-state index is 0. The number of fused-ring (bicyclic) bond motifs is 1. The Kier molecular flexibility index (Phi) is 19.6. The van der Waals surface area contributed by atoms with Gasteiger partial charge in [-0.25, -0.2) is 0 Å². The third-order valence-electron chi connectivity index (χ3n) is 13.5. The van der Waals surface area contributed by atoms with E-state index in [1.807, 2.05) is 123 Å². The first-order valence-corrected chi connectivity index (χ1v) is 26.8. The summed E-state index contributed by atoms with van der Waals surface area (Å²) in [5.74, 6) is 0. The van der Waals surface area contributed by atoms with Crippen LogP contribution >= 0.6 is 0 Å². The van der Waals surface area contributed by atoms with Gasteiger partial charge in [-0.05, 0) is 94.3 Å². The van der Waals surface area contributed by atoms with Crippen LogP contribution in [0.5, 0.6) is 0 Å². The molecule has 13 rings (SSSR count). The summed E-state index contributed by atoms with van der Waals surface area (Å²) in [5, 5.41) is 2.22. The molecule has 7 heteroatoms. The van der Waals surface area contributed by atoms with Crippen LogP contribution in [0.1, 0.15) is 32.3 Å². The molecule has 0 fully saturated rings. The van der Waals surface area contributed by atoms with Gasteiger partial charge in [0.1, 0.15) is 0 Å². The average Bonchev–Trinajstić information content (AvgIpc) is 3.66. The van der Waals surface area contributed by atoms with Crippen LogP contribution in [0.3, 0.4) is 0 Å². The number of allylic oxidation sites excluding steroid dienone is 4. The Morgan fingerprint density at radius 3 is 1.38 bits per heavy atom. The van der Waals surface area contributed by atoms with Gasteiger partial charge in [0.15, 0.2) is 0 Å². The summed E-state index contributed by atoms with van der Waals surface area (Å²) in [5.41, 5.74) is 19.2. The van der Waals surface area contributed by atoms with Crippen LogP contribution in [0.15, 0.2) is 274 Å². The molecule has 0 saturated carbocycles. The summed E-state index contributed by atoms with van der Waals surface area (Å²) in [6.07, 6.45) is 16.2. The number of pyridine rings is 4. The fourth-order valence-corrected chi connectivity index (χ4v) is 9.69. The van der Waals surface area contributed by atoms with Crippen molar-refractivity contribution < 1.29 is 42.1 Å². The molecule has 5 nitrogen and oxygen atoms in total. The first-order chi connectivity index (χ1) is 39.2. The second kappa shape index (κ2) is 27.9. The summed E-state index contributed by atoms with van der Waals surface area (Å²) in [4.78, 5) is 20.6. The van der Waals surface area contributed by atoms with E-state index in [2.05, 4.69) is 197 Å². The zero-order valence-electron chi connectivity index (χ0n) is 44.8. The van der Waals surface area contributed by atoms with Crippen molar-refractivity contribution in [2.24, 2.45) is 0 Å². The van der Waals surface area contributed by atoms with Gasteiger partial charge in [0, 0.05) is 41.9 Å². The molecule has 12 aromatic rings. The maximum Gasteiger partial charge on any atom is 2.00 e. The monoisotopic (exact) mass is 1400 g/mol. The number of rotatable bonds is 11. The van der Waals surface area contributed by atoms with E-state index in [9.17, 15) is 0 Å². The minimum Gasteiger partial charge on any atom is -0.346 e. The number of nitrogens with zero attached hydrogens (tertiary/aromatic N) is 5. The van der Waals surface area contributed by atoms with Crippen LogP contribution in [0.25, 0.3) is 94.8 Å². The predicted molar refractivity (Wildman–Crippen MR) is 327 cm³/mol. The number of hydrogen-bond acceptors (Lipinski definition) is 5. The summed E-state index contributed by atoms with van der Waals surface area (Å²) in [7, 11) is 0. The Morgan fingerprint density at radius 2 is 0.840 bits per heavy atom. The minimum atomic E-state index is 0. The Bertz CT molecular complexity index is 3950. The molecule has 0 radical (unpaired) electrons. The van der Waals surface area contributed by atoms with Crippen LogP contribution in [-0.2, 0) is 42.1 Å². The van der Waals surface area contributed by atoms with Crippen molar-refractivity contribution in [1.29, 1.82) is 0 Å². The van der Waals surface area contributed by atoms with E-state index in [1.165, 1.54) is 11.1 Å². The van der Waals surface area contributed by atoms with E-state index in [4.69, 9.17) is 9.97 Å². The van der Waals surface area contributed by atoms with E-state index < -0.39 is 0 Å². The van der Waals surface area contributed by atoms with E-state index in [0.29, 0.717) is 0 Å². The van der Waals surface area contributed by atoms with E-state index in [1.54, 1.807) is 6.20 Å². The van der Waals surface area contributed by atoms with E-state index in [0.717, 1.165) is 119 Å². The molecule has 0 amide bonds. The molecule has 4 heterocycles. The van der Waals surface area contributed by atoms with Crippen molar-refractivity contribution in [2.45, 2.75) is 26.7 Å². The second-order valence-electron chi connectivity index (χ2n) is 18.6. The molecular weight excluding hydrogens is 1350 g/mol. The van der Waals surface area contributed by atoms with Crippen molar-refractivity contribution in [3.05, 3.63) is 303 Å². The van der Waals surface area contributed by atoms with Gasteiger partial charge in [0.05, 0.1) is 0 Å². The number of benzene rings is 8. The van der Waals surface area contributed by atoms with Crippen molar-refractivity contribution in [3.63, 3.8) is 0 Å². The van der Waals surface area contributed by atoms with E-state index in [-0.39, 0.29) is 42.1 Å². The molecule has 0 spiro atoms.